The standard InChI is InChI=1S/C12H15BrN2/c1-12(2,9-14)15-7-6-10-4-3-5-11(13)8-10/h3-5,8,15H,6-7H2,1-2H3. The van der Waals surface area contributed by atoms with Gasteiger partial charge in [0.2, 0.25) is 0 Å². The highest BCUT2D eigenvalue weighted by Crippen LogP contribution is 2.12. The molecule has 1 aromatic carbocycles. The van der Waals surface area contributed by atoms with E-state index in [-0.39, 0.29) is 0 Å². The zero-order valence-corrected chi connectivity index (χ0v) is 10.6. The maximum absolute atomic E-state index is 8.82. The van der Waals surface area contributed by atoms with Gasteiger partial charge in [-0.1, -0.05) is 28.1 Å². The molecule has 0 heterocycles. The van der Waals surface area contributed by atoms with Gasteiger partial charge < -0.3 is 0 Å². The molecule has 80 valence electrons. The van der Waals surface area contributed by atoms with Crippen LogP contribution in [0, 0.1) is 11.3 Å². The van der Waals surface area contributed by atoms with E-state index >= 15 is 0 Å². The van der Waals surface area contributed by atoms with Crippen LogP contribution in [0.15, 0.2) is 28.7 Å². The van der Waals surface area contributed by atoms with Gasteiger partial charge in [-0.2, -0.15) is 5.26 Å². The number of nitrogens with one attached hydrogen (secondary N) is 1. The molecular formula is C12H15BrN2. The number of halogens is 1. The predicted octanol–water partition coefficient (Wildman–Crippen LogP) is 2.88. The number of hydrogen-bond acceptors (Lipinski definition) is 2. The highest BCUT2D eigenvalue weighted by atomic mass is 79.9. The topological polar surface area (TPSA) is 35.8 Å². The lowest BCUT2D eigenvalue weighted by molar-refractivity contribution is 0.490. The summed E-state index contributed by atoms with van der Waals surface area (Å²) in [7, 11) is 0. The molecular weight excluding hydrogens is 252 g/mol. The predicted molar refractivity (Wildman–Crippen MR) is 65.5 cm³/mol. The molecule has 0 aliphatic rings. The van der Waals surface area contributed by atoms with Crippen LogP contribution in [0.4, 0.5) is 0 Å². The monoisotopic (exact) mass is 266 g/mol. The summed E-state index contributed by atoms with van der Waals surface area (Å²) in [5, 5.41) is 12.0. The molecule has 1 N–H and O–H groups in total. The lowest BCUT2D eigenvalue weighted by Crippen LogP contribution is -2.38. The van der Waals surface area contributed by atoms with Crippen LogP contribution in [0.3, 0.4) is 0 Å². The van der Waals surface area contributed by atoms with Crippen LogP contribution < -0.4 is 5.32 Å². The third-order valence-electron chi connectivity index (χ3n) is 2.15. The summed E-state index contributed by atoms with van der Waals surface area (Å²) in [5.41, 5.74) is 0.831. The third kappa shape index (κ3) is 4.46. The summed E-state index contributed by atoms with van der Waals surface area (Å²) in [6, 6.07) is 10.4. The second kappa shape index (κ2) is 5.29. The molecule has 0 atom stereocenters. The van der Waals surface area contributed by atoms with E-state index in [1.165, 1.54) is 5.56 Å². The molecule has 1 rings (SSSR count). The first-order valence-electron chi connectivity index (χ1n) is 4.94. The average Bonchev–Trinajstić information content (AvgIpc) is 2.18. The van der Waals surface area contributed by atoms with Gasteiger partial charge in [0.1, 0.15) is 5.54 Å². The molecule has 0 fully saturated rings. The van der Waals surface area contributed by atoms with E-state index in [9.17, 15) is 0 Å². The van der Waals surface area contributed by atoms with Crippen LogP contribution >= 0.6 is 15.9 Å². The highest BCUT2D eigenvalue weighted by molar-refractivity contribution is 9.10. The second-order valence-electron chi connectivity index (χ2n) is 4.04. The lowest BCUT2D eigenvalue weighted by Gasteiger charge is -2.17. The number of hydrogen-bond donors (Lipinski definition) is 1. The van der Waals surface area contributed by atoms with E-state index in [2.05, 4.69) is 39.4 Å². The van der Waals surface area contributed by atoms with Crippen molar-refractivity contribution in [1.82, 2.24) is 5.32 Å². The SMILES string of the molecule is CC(C)(C#N)NCCc1cccc(Br)c1. The summed E-state index contributed by atoms with van der Waals surface area (Å²) >= 11 is 3.43. The fourth-order valence-electron chi connectivity index (χ4n) is 1.25. The molecule has 0 spiro atoms. The van der Waals surface area contributed by atoms with Gasteiger partial charge in [0.15, 0.2) is 0 Å². The molecule has 1 aromatic rings. The molecule has 15 heavy (non-hydrogen) atoms. The van der Waals surface area contributed by atoms with Gasteiger partial charge in [0.05, 0.1) is 6.07 Å². The number of rotatable bonds is 4. The molecule has 0 unspecified atom stereocenters. The van der Waals surface area contributed by atoms with Crippen LogP contribution in [0.25, 0.3) is 0 Å². The smallest absolute Gasteiger partial charge is 0.101 e. The van der Waals surface area contributed by atoms with E-state index < -0.39 is 5.54 Å². The first-order chi connectivity index (χ1) is 7.03. The maximum Gasteiger partial charge on any atom is 0.101 e. The van der Waals surface area contributed by atoms with E-state index in [0.717, 1.165) is 17.4 Å². The van der Waals surface area contributed by atoms with Crippen molar-refractivity contribution < 1.29 is 0 Å². The van der Waals surface area contributed by atoms with Crippen molar-refractivity contribution in [2.24, 2.45) is 0 Å². The van der Waals surface area contributed by atoms with Crippen molar-refractivity contribution in [2.75, 3.05) is 6.54 Å². The largest absolute Gasteiger partial charge is 0.300 e. The summed E-state index contributed by atoms with van der Waals surface area (Å²) < 4.78 is 1.10. The van der Waals surface area contributed by atoms with Crippen molar-refractivity contribution in [3.05, 3.63) is 34.3 Å². The second-order valence-corrected chi connectivity index (χ2v) is 4.96. The molecule has 0 radical (unpaired) electrons. The van der Waals surface area contributed by atoms with Crippen LogP contribution in [0.1, 0.15) is 19.4 Å². The maximum atomic E-state index is 8.82. The van der Waals surface area contributed by atoms with Crippen molar-refractivity contribution in [3.8, 4) is 6.07 Å². The fraction of sp³-hybridized carbons (Fsp3) is 0.417. The average molecular weight is 267 g/mol. The van der Waals surface area contributed by atoms with Gasteiger partial charge in [-0.25, -0.2) is 0 Å². The van der Waals surface area contributed by atoms with Gasteiger partial charge in [-0.3, -0.25) is 5.32 Å². The Bertz CT molecular complexity index is 366. The molecule has 0 aromatic heterocycles. The van der Waals surface area contributed by atoms with Gasteiger partial charge in [-0.15, -0.1) is 0 Å². The van der Waals surface area contributed by atoms with Crippen LogP contribution in [0.2, 0.25) is 0 Å². The summed E-state index contributed by atoms with van der Waals surface area (Å²) in [6.45, 7) is 4.58. The fourth-order valence-corrected chi connectivity index (χ4v) is 1.70. The Balaban J connectivity index is 2.42. The highest BCUT2D eigenvalue weighted by Gasteiger charge is 2.14. The van der Waals surface area contributed by atoms with Crippen molar-refractivity contribution in [1.29, 1.82) is 5.26 Å². The Morgan fingerprint density at radius 2 is 2.20 bits per heavy atom. The minimum Gasteiger partial charge on any atom is -0.300 e. The lowest BCUT2D eigenvalue weighted by atomic mass is 10.1. The van der Waals surface area contributed by atoms with Crippen LogP contribution in [-0.2, 0) is 6.42 Å². The Hall–Kier alpha value is -0.850. The zero-order chi connectivity index (χ0) is 11.3. The Kier molecular flexibility index (Phi) is 4.31. The summed E-state index contributed by atoms with van der Waals surface area (Å²) in [5.74, 6) is 0. The van der Waals surface area contributed by atoms with Gasteiger partial charge in [0.25, 0.3) is 0 Å². The number of nitriles is 1. The quantitative estimate of drug-likeness (QED) is 0.910. The van der Waals surface area contributed by atoms with Crippen molar-refractivity contribution in [3.63, 3.8) is 0 Å². The Labute approximate surface area is 99.4 Å². The summed E-state index contributed by atoms with van der Waals surface area (Å²) in [6.07, 6.45) is 0.935. The van der Waals surface area contributed by atoms with Crippen LogP contribution in [0.5, 0.6) is 0 Å². The molecule has 2 nitrogen and oxygen atoms in total. The van der Waals surface area contributed by atoms with E-state index in [4.69, 9.17) is 5.26 Å². The first-order valence-corrected chi connectivity index (χ1v) is 5.73. The Morgan fingerprint density at radius 1 is 1.47 bits per heavy atom. The molecule has 0 saturated heterocycles. The number of benzene rings is 1. The summed E-state index contributed by atoms with van der Waals surface area (Å²) in [4.78, 5) is 0. The molecule has 3 heteroatoms. The van der Waals surface area contributed by atoms with Crippen molar-refractivity contribution in [2.45, 2.75) is 25.8 Å². The van der Waals surface area contributed by atoms with Gasteiger partial charge in [-0.05, 0) is 38.0 Å². The molecule has 0 saturated carbocycles. The minimum absolute atomic E-state index is 0.438. The first kappa shape index (κ1) is 12.2. The third-order valence-corrected chi connectivity index (χ3v) is 2.64. The molecule has 0 aliphatic carbocycles. The van der Waals surface area contributed by atoms with Crippen LogP contribution in [-0.4, -0.2) is 12.1 Å². The van der Waals surface area contributed by atoms with E-state index in [1.54, 1.807) is 0 Å². The van der Waals surface area contributed by atoms with E-state index in [1.807, 2.05) is 26.0 Å². The molecule has 0 amide bonds. The Morgan fingerprint density at radius 3 is 2.80 bits per heavy atom. The normalized spacial score (nSPS) is 11.1. The molecule has 0 aliphatic heterocycles. The van der Waals surface area contributed by atoms with E-state index in [0.29, 0.717) is 0 Å². The van der Waals surface area contributed by atoms with Crippen molar-refractivity contribution >= 4 is 15.9 Å². The molecule has 0 bridgehead atoms. The van der Waals surface area contributed by atoms with Gasteiger partial charge >= 0.3 is 0 Å². The zero-order valence-electron chi connectivity index (χ0n) is 9.05. The minimum atomic E-state index is -0.438. The van der Waals surface area contributed by atoms with Gasteiger partial charge in [0, 0.05) is 11.0 Å². The number of nitrogens with zero attached hydrogens (tertiary/aromatic N) is 1.